The summed E-state index contributed by atoms with van der Waals surface area (Å²) >= 11 is 0. The van der Waals surface area contributed by atoms with Gasteiger partial charge < -0.3 is 14.9 Å². The second kappa shape index (κ2) is 8.51. The van der Waals surface area contributed by atoms with Gasteiger partial charge in [0.2, 0.25) is 5.72 Å². The van der Waals surface area contributed by atoms with Crippen LogP contribution < -0.4 is 5.32 Å². The number of ether oxygens (including phenoxy) is 1. The number of hydrogen-bond acceptors (Lipinski definition) is 4. The quantitative estimate of drug-likeness (QED) is 0.610. The number of halogens is 3. The van der Waals surface area contributed by atoms with Crippen LogP contribution >= 0.6 is 0 Å². The lowest BCUT2D eigenvalue weighted by molar-refractivity contribution is -0.174. The molecule has 0 aliphatic heterocycles. The monoisotopic (exact) mass is 383 g/mol. The Labute approximate surface area is 154 Å². The van der Waals surface area contributed by atoms with Gasteiger partial charge >= 0.3 is 12.1 Å². The van der Waals surface area contributed by atoms with Gasteiger partial charge in [-0.25, -0.2) is 4.79 Å². The molecule has 2 rings (SSSR count). The van der Waals surface area contributed by atoms with Crippen LogP contribution in [0.15, 0.2) is 54.6 Å². The molecule has 0 amide bonds. The molecule has 0 aromatic heterocycles. The molecule has 0 spiro atoms. The van der Waals surface area contributed by atoms with Crippen LogP contribution in [0.2, 0.25) is 0 Å². The molecule has 2 atom stereocenters. The van der Waals surface area contributed by atoms with Crippen molar-refractivity contribution in [2.24, 2.45) is 0 Å². The standard InChI is InChI=1S/C19H20F3NO4/c1-2-27-18(17(25)26,14-8-4-3-5-9-14)23-12-16(24)13-7-6-10-15(11-13)19(20,21)22/h3-11,16,23-24H,2,12H2,1H3,(H,25,26). The fourth-order valence-corrected chi connectivity index (χ4v) is 2.67. The number of rotatable bonds is 8. The van der Waals surface area contributed by atoms with E-state index in [1.165, 1.54) is 12.1 Å². The summed E-state index contributed by atoms with van der Waals surface area (Å²) < 4.78 is 44.0. The van der Waals surface area contributed by atoms with Gasteiger partial charge in [0.05, 0.1) is 11.7 Å². The van der Waals surface area contributed by atoms with Crippen molar-refractivity contribution in [1.82, 2.24) is 5.32 Å². The molecule has 0 saturated carbocycles. The number of aliphatic hydroxyl groups is 1. The third-order valence-corrected chi connectivity index (χ3v) is 3.99. The van der Waals surface area contributed by atoms with E-state index in [1.807, 2.05) is 0 Å². The minimum Gasteiger partial charge on any atom is -0.478 e. The van der Waals surface area contributed by atoms with E-state index >= 15 is 0 Å². The summed E-state index contributed by atoms with van der Waals surface area (Å²) in [5, 5.41) is 22.7. The Morgan fingerprint density at radius 3 is 2.30 bits per heavy atom. The van der Waals surface area contributed by atoms with Gasteiger partial charge in [-0.15, -0.1) is 0 Å². The SMILES string of the molecule is CCOC(NCC(O)c1cccc(C(F)(F)F)c1)(C(=O)O)c1ccccc1. The molecule has 0 aliphatic carbocycles. The lowest BCUT2D eigenvalue weighted by atomic mass is 10.0. The van der Waals surface area contributed by atoms with Crippen molar-refractivity contribution in [2.45, 2.75) is 24.9 Å². The zero-order chi connectivity index (χ0) is 20.1. The summed E-state index contributed by atoms with van der Waals surface area (Å²) in [6, 6.07) is 12.3. The molecular weight excluding hydrogens is 363 g/mol. The van der Waals surface area contributed by atoms with E-state index < -0.39 is 29.5 Å². The fourth-order valence-electron chi connectivity index (χ4n) is 2.67. The molecule has 2 aromatic carbocycles. The molecule has 0 radical (unpaired) electrons. The zero-order valence-corrected chi connectivity index (χ0v) is 14.5. The number of carboxylic acid groups (broad SMARTS) is 1. The zero-order valence-electron chi connectivity index (χ0n) is 14.5. The molecule has 146 valence electrons. The average Bonchev–Trinajstić information content (AvgIpc) is 2.64. The van der Waals surface area contributed by atoms with Crippen LogP contribution in [0.1, 0.15) is 29.7 Å². The number of nitrogens with one attached hydrogen (secondary N) is 1. The van der Waals surface area contributed by atoms with Crippen LogP contribution in [0.4, 0.5) is 13.2 Å². The molecule has 3 N–H and O–H groups in total. The minimum atomic E-state index is -4.54. The van der Waals surface area contributed by atoms with Gasteiger partial charge in [0.15, 0.2) is 0 Å². The van der Waals surface area contributed by atoms with Crippen LogP contribution in [-0.2, 0) is 21.4 Å². The topological polar surface area (TPSA) is 78.8 Å². The van der Waals surface area contributed by atoms with E-state index in [0.717, 1.165) is 12.1 Å². The number of aliphatic hydroxyl groups excluding tert-OH is 1. The van der Waals surface area contributed by atoms with Gasteiger partial charge in [-0.2, -0.15) is 13.2 Å². The molecule has 0 bridgehead atoms. The first-order valence-electron chi connectivity index (χ1n) is 8.24. The number of carboxylic acids is 1. The van der Waals surface area contributed by atoms with E-state index in [4.69, 9.17) is 4.74 Å². The average molecular weight is 383 g/mol. The van der Waals surface area contributed by atoms with Gasteiger partial charge in [-0.05, 0) is 24.6 Å². The van der Waals surface area contributed by atoms with E-state index in [1.54, 1.807) is 37.3 Å². The number of hydrogen-bond donors (Lipinski definition) is 3. The van der Waals surface area contributed by atoms with Gasteiger partial charge in [0.25, 0.3) is 0 Å². The minimum absolute atomic E-state index is 0.0150. The van der Waals surface area contributed by atoms with E-state index in [2.05, 4.69) is 5.32 Å². The molecule has 27 heavy (non-hydrogen) atoms. The maximum atomic E-state index is 12.8. The van der Waals surface area contributed by atoms with Crippen molar-refractivity contribution in [3.8, 4) is 0 Å². The summed E-state index contributed by atoms with van der Waals surface area (Å²) in [4.78, 5) is 11.9. The Bertz CT molecular complexity index is 767. The van der Waals surface area contributed by atoms with Crippen molar-refractivity contribution in [2.75, 3.05) is 13.2 Å². The van der Waals surface area contributed by atoms with Crippen molar-refractivity contribution in [1.29, 1.82) is 0 Å². The highest BCUT2D eigenvalue weighted by atomic mass is 19.4. The summed E-state index contributed by atoms with van der Waals surface area (Å²) in [6.07, 6.45) is -5.90. The normalized spacial score (nSPS) is 15.1. The van der Waals surface area contributed by atoms with Gasteiger partial charge in [-0.3, -0.25) is 5.32 Å². The van der Waals surface area contributed by atoms with Gasteiger partial charge in [0.1, 0.15) is 0 Å². The molecule has 2 aromatic rings. The largest absolute Gasteiger partial charge is 0.478 e. The third kappa shape index (κ3) is 4.85. The van der Waals surface area contributed by atoms with E-state index in [-0.39, 0.29) is 18.7 Å². The van der Waals surface area contributed by atoms with Crippen LogP contribution in [-0.4, -0.2) is 29.3 Å². The second-order valence-electron chi connectivity index (χ2n) is 5.81. The third-order valence-electron chi connectivity index (χ3n) is 3.99. The first kappa shape index (κ1) is 20.9. The number of aliphatic carboxylic acids is 1. The fraction of sp³-hybridized carbons (Fsp3) is 0.316. The van der Waals surface area contributed by atoms with Crippen molar-refractivity contribution in [3.05, 3.63) is 71.3 Å². The first-order valence-corrected chi connectivity index (χ1v) is 8.24. The summed E-state index contributed by atoms with van der Waals surface area (Å²) in [5.74, 6) is -1.33. The molecule has 2 unspecified atom stereocenters. The highest BCUT2D eigenvalue weighted by Crippen LogP contribution is 2.31. The Hall–Kier alpha value is -2.42. The molecule has 0 aliphatic rings. The van der Waals surface area contributed by atoms with Crippen LogP contribution in [0.3, 0.4) is 0 Å². The van der Waals surface area contributed by atoms with Crippen molar-refractivity contribution < 1.29 is 32.9 Å². The Balaban J connectivity index is 2.26. The smallest absolute Gasteiger partial charge is 0.416 e. The Kier molecular flexibility index (Phi) is 6.59. The summed E-state index contributed by atoms with van der Waals surface area (Å²) in [6.45, 7) is 1.35. The Morgan fingerprint density at radius 2 is 1.74 bits per heavy atom. The van der Waals surface area contributed by atoms with E-state index in [9.17, 15) is 28.2 Å². The number of benzene rings is 2. The molecular formula is C19H20F3NO4. The molecule has 8 heteroatoms. The lowest BCUT2D eigenvalue weighted by Gasteiger charge is -2.31. The van der Waals surface area contributed by atoms with Crippen LogP contribution in [0.25, 0.3) is 0 Å². The lowest BCUT2D eigenvalue weighted by Crippen LogP contribution is -2.52. The van der Waals surface area contributed by atoms with Crippen LogP contribution in [0, 0.1) is 0 Å². The predicted octanol–water partition coefficient (Wildman–Crippen LogP) is 3.30. The van der Waals surface area contributed by atoms with E-state index in [0.29, 0.717) is 5.56 Å². The number of alkyl halides is 3. The molecule has 0 heterocycles. The highest BCUT2D eigenvalue weighted by molar-refractivity contribution is 5.79. The summed E-state index contributed by atoms with van der Waals surface area (Å²) in [5.41, 5.74) is -2.51. The molecule has 5 nitrogen and oxygen atoms in total. The highest BCUT2D eigenvalue weighted by Gasteiger charge is 2.41. The van der Waals surface area contributed by atoms with Gasteiger partial charge in [0, 0.05) is 18.7 Å². The summed E-state index contributed by atoms with van der Waals surface area (Å²) in [7, 11) is 0. The van der Waals surface area contributed by atoms with Gasteiger partial charge in [-0.1, -0.05) is 42.5 Å². The predicted molar refractivity (Wildman–Crippen MR) is 91.8 cm³/mol. The maximum Gasteiger partial charge on any atom is 0.416 e. The molecule has 0 saturated heterocycles. The Morgan fingerprint density at radius 1 is 1.11 bits per heavy atom. The number of carbonyl (C=O) groups is 1. The first-order chi connectivity index (χ1) is 12.7. The van der Waals surface area contributed by atoms with Crippen LogP contribution in [0.5, 0.6) is 0 Å². The molecule has 0 fully saturated rings. The second-order valence-corrected chi connectivity index (χ2v) is 5.81. The van der Waals surface area contributed by atoms with Crippen molar-refractivity contribution in [3.63, 3.8) is 0 Å². The maximum absolute atomic E-state index is 12.8. The van der Waals surface area contributed by atoms with Crippen molar-refractivity contribution >= 4 is 5.97 Å².